The van der Waals surface area contributed by atoms with Gasteiger partial charge in [0.05, 0.1) is 0 Å². The van der Waals surface area contributed by atoms with E-state index in [9.17, 15) is 4.79 Å². The molecule has 10 heavy (non-hydrogen) atoms. The maximum atomic E-state index is 10.7. The summed E-state index contributed by atoms with van der Waals surface area (Å²) in [5, 5.41) is 0. The molecule has 0 unspecified atom stereocenters. The van der Waals surface area contributed by atoms with Crippen LogP contribution in [-0.2, 0) is 0 Å². The summed E-state index contributed by atoms with van der Waals surface area (Å²) in [7, 11) is 0. The van der Waals surface area contributed by atoms with Gasteiger partial charge in [0.2, 0.25) is 0 Å². The minimum atomic E-state index is 0.000000000000000444. The van der Waals surface area contributed by atoms with Gasteiger partial charge in [0, 0.05) is 0 Å². The van der Waals surface area contributed by atoms with Crippen molar-refractivity contribution in [1.82, 2.24) is 0 Å². The van der Waals surface area contributed by atoms with Gasteiger partial charge in [-0.3, -0.25) is 0 Å². The Bertz CT molecular complexity index is 238. The van der Waals surface area contributed by atoms with Crippen LogP contribution in [0.4, 0.5) is 0 Å². The summed E-state index contributed by atoms with van der Waals surface area (Å²) >= 11 is 2.44. The fraction of sp³-hybridized carbons (Fsp3) is 0.125. The van der Waals surface area contributed by atoms with Crippen LogP contribution in [0.15, 0.2) is 24.3 Å². The number of hydrogen-bond donors (Lipinski definition) is 0. The molecule has 0 aliphatic rings. The Morgan fingerprint density at radius 3 is 2.20 bits per heavy atom. The van der Waals surface area contributed by atoms with Crippen molar-refractivity contribution in [3.8, 4) is 0 Å². The summed E-state index contributed by atoms with van der Waals surface area (Å²) in [6, 6.07) is 7.47. The zero-order valence-electron chi connectivity index (χ0n) is 5.63. The summed E-state index contributed by atoms with van der Waals surface area (Å²) in [5.41, 5.74) is 1.90. The summed E-state index contributed by atoms with van der Waals surface area (Å²) in [6.07, 6.45) is 0. The van der Waals surface area contributed by atoms with Crippen molar-refractivity contribution >= 4 is 20.7 Å². The van der Waals surface area contributed by atoms with Crippen molar-refractivity contribution in [3.63, 3.8) is 0 Å². The van der Waals surface area contributed by atoms with Crippen LogP contribution < -0.4 is 0 Å². The van der Waals surface area contributed by atoms with Gasteiger partial charge < -0.3 is 0 Å². The Hall–Kier alpha value is -0.591. The number of benzene rings is 1. The van der Waals surface area contributed by atoms with Crippen molar-refractivity contribution in [2.45, 2.75) is 6.92 Å². The molecule has 0 aliphatic carbocycles. The van der Waals surface area contributed by atoms with Gasteiger partial charge in [-0.05, 0) is 0 Å². The van der Waals surface area contributed by atoms with Gasteiger partial charge in [-0.2, -0.15) is 0 Å². The van der Waals surface area contributed by atoms with E-state index in [0.29, 0.717) is 0 Å². The first kappa shape index (κ1) is 7.52. The van der Waals surface area contributed by atoms with Crippen LogP contribution >= 0.6 is 0 Å². The van der Waals surface area contributed by atoms with Gasteiger partial charge >= 0.3 is 67.8 Å². The Morgan fingerprint density at radius 2 is 1.80 bits per heavy atom. The van der Waals surface area contributed by atoms with E-state index < -0.39 is 0 Å². The predicted octanol–water partition coefficient (Wildman–Crippen LogP) is 1.30. The van der Waals surface area contributed by atoms with Crippen LogP contribution in [-0.4, -0.2) is 20.7 Å². The Labute approximate surface area is 68.3 Å². The molecule has 0 aliphatic heterocycles. The second kappa shape index (κ2) is 3.00. The molecule has 1 aromatic rings. The van der Waals surface area contributed by atoms with Crippen LogP contribution in [0.5, 0.6) is 0 Å². The van der Waals surface area contributed by atoms with Crippen molar-refractivity contribution < 1.29 is 4.79 Å². The van der Waals surface area contributed by atoms with Crippen molar-refractivity contribution in [1.29, 1.82) is 0 Å². The molecular formula is C8H7OSe-. The normalized spacial score (nSPS) is 9.30. The van der Waals surface area contributed by atoms with Crippen LogP contribution in [0.3, 0.4) is 0 Å². The van der Waals surface area contributed by atoms with Gasteiger partial charge in [0.1, 0.15) is 0 Å². The third-order valence-corrected chi connectivity index (χ3v) is 1.78. The predicted molar refractivity (Wildman–Crippen MR) is 41.3 cm³/mol. The molecule has 2 heteroatoms. The molecule has 1 rings (SSSR count). The molecule has 0 atom stereocenters. The van der Waals surface area contributed by atoms with Crippen LogP contribution in [0.1, 0.15) is 15.9 Å². The van der Waals surface area contributed by atoms with Crippen molar-refractivity contribution in [2.24, 2.45) is 0 Å². The first-order valence-electron chi connectivity index (χ1n) is 2.98. The third-order valence-electron chi connectivity index (χ3n) is 1.29. The van der Waals surface area contributed by atoms with Gasteiger partial charge in [-0.1, -0.05) is 0 Å². The summed E-state index contributed by atoms with van der Waals surface area (Å²) in [4.78, 5) is 10.7. The van der Waals surface area contributed by atoms with E-state index in [-0.39, 0.29) is 4.68 Å². The maximum absolute atomic E-state index is 10.7. The van der Waals surface area contributed by atoms with Gasteiger partial charge in [-0.25, -0.2) is 0 Å². The SMILES string of the molecule is Cc1ccc(C(=O)[Se-])cc1. The van der Waals surface area contributed by atoms with E-state index in [4.69, 9.17) is 0 Å². The van der Waals surface area contributed by atoms with Gasteiger partial charge in [0.15, 0.2) is 0 Å². The Balaban J connectivity index is 3.00. The van der Waals surface area contributed by atoms with E-state index in [1.54, 1.807) is 0 Å². The number of aryl methyl sites for hydroxylation is 1. The molecule has 0 heterocycles. The summed E-state index contributed by atoms with van der Waals surface area (Å²) in [6.45, 7) is 1.99. The zero-order chi connectivity index (χ0) is 7.56. The Morgan fingerprint density at radius 1 is 1.30 bits per heavy atom. The molecule has 0 bridgehead atoms. The molecule has 0 radical (unpaired) electrons. The van der Waals surface area contributed by atoms with E-state index in [0.717, 1.165) is 5.56 Å². The van der Waals surface area contributed by atoms with E-state index in [2.05, 4.69) is 16.0 Å². The van der Waals surface area contributed by atoms with Crippen LogP contribution in [0.25, 0.3) is 0 Å². The molecule has 1 aromatic carbocycles. The van der Waals surface area contributed by atoms with Gasteiger partial charge in [-0.15, -0.1) is 0 Å². The third kappa shape index (κ3) is 1.69. The summed E-state index contributed by atoms with van der Waals surface area (Å²) in [5.74, 6) is 0. The zero-order valence-corrected chi connectivity index (χ0v) is 7.34. The average Bonchev–Trinajstić information content (AvgIpc) is 1.88. The molecule has 0 saturated heterocycles. The van der Waals surface area contributed by atoms with Crippen LogP contribution in [0.2, 0.25) is 0 Å². The molecule has 0 aromatic heterocycles. The molecule has 1 nitrogen and oxygen atoms in total. The van der Waals surface area contributed by atoms with E-state index in [1.807, 2.05) is 31.2 Å². The number of hydrogen-bond acceptors (Lipinski definition) is 1. The molecule has 0 fully saturated rings. The second-order valence-electron chi connectivity index (χ2n) is 2.15. The molecular weight excluding hydrogens is 191 g/mol. The fourth-order valence-electron chi connectivity index (χ4n) is 0.690. The molecule has 0 N–H and O–H groups in total. The van der Waals surface area contributed by atoms with Crippen molar-refractivity contribution in [2.75, 3.05) is 0 Å². The topological polar surface area (TPSA) is 17.1 Å². The van der Waals surface area contributed by atoms with Crippen LogP contribution in [0, 0.1) is 6.92 Å². The quantitative estimate of drug-likeness (QED) is 0.621. The molecule has 52 valence electrons. The number of carbonyl (C=O) groups excluding carboxylic acids is 1. The second-order valence-corrected chi connectivity index (χ2v) is 2.93. The first-order chi connectivity index (χ1) is 4.70. The first-order valence-corrected chi connectivity index (χ1v) is 3.84. The van der Waals surface area contributed by atoms with E-state index >= 15 is 0 Å². The fourth-order valence-corrected chi connectivity index (χ4v) is 0.975. The minimum absolute atomic E-state index is 0.000000000000000444. The number of carbonyl (C=O) groups is 1. The van der Waals surface area contributed by atoms with E-state index in [1.165, 1.54) is 5.56 Å². The monoisotopic (exact) mass is 199 g/mol. The average molecular weight is 198 g/mol. The molecule has 0 saturated carbocycles. The molecule has 0 spiro atoms. The summed E-state index contributed by atoms with van der Waals surface area (Å²) < 4.78 is 0.000000000000000444. The standard InChI is InChI=1S/C8H8OSe/c1-6-2-4-7(5-3-6)8(9)10/h2-5H,1H3,(H,9,10)/p-1. The van der Waals surface area contributed by atoms with Gasteiger partial charge in [0.25, 0.3) is 0 Å². The molecule has 0 amide bonds. The number of rotatable bonds is 1. The van der Waals surface area contributed by atoms with Crippen molar-refractivity contribution in [3.05, 3.63) is 35.4 Å². The Kier molecular flexibility index (Phi) is 2.25.